The van der Waals surface area contributed by atoms with Gasteiger partial charge in [0, 0.05) is 7.05 Å². The molecule has 0 aliphatic heterocycles. The van der Waals surface area contributed by atoms with E-state index >= 15 is 0 Å². The minimum Gasteiger partial charge on any atom is -0.377 e. The Kier molecular flexibility index (Phi) is 5.35. The third-order valence-electron chi connectivity index (χ3n) is 3.12. The van der Waals surface area contributed by atoms with Crippen molar-refractivity contribution in [3.63, 3.8) is 0 Å². The SMILES string of the molecule is Cc1cnn(C)c1CNc1cnn(CCF)c1C.Cl. The number of aryl methyl sites for hydroxylation is 3. The van der Waals surface area contributed by atoms with E-state index in [1.54, 1.807) is 10.9 Å². The van der Waals surface area contributed by atoms with Crippen LogP contribution in [0.3, 0.4) is 0 Å². The summed E-state index contributed by atoms with van der Waals surface area (Å²) in [4.78, 5) is 0. The summed E-state index contributed by atoms with van der Waals surface area (Å²) >= 11 is 0. The van der Waals surface area contributed by atoms with E-state index in [0.717, 1.165) is 22.6 Å². The fraction of sp³-hybridized carbons (Fsp3) is 0.500. The predicted molar refractivity (Wildman–Crippen MR) is 75.5 cm³/mol. The molecule has 0 amide bonds. The summed E-state index contributed by atoms with van der Waals surface area (Å²) in [5, 5.41) is 11.6. The quantitative estimate of drug-likeness (QED) is 0.917. The van der Waals surface area contributed by atoms with Gasteiger partial charge in [0.15, 0.2) is 0 Å². The zero-order valence-corrected chi connectivity index (χ0v) is 12.2. The first-order chi connectivity index (χ1) is 8.63. The van der Waals surface area contributed by atoms with Crippen LogP contribution in [0.15, 0.2) is 12.4 Å². The average molecular weight is 288 g/mol. The molecule has 0 aliphatic carbocycles. The molecule has 2 aromatic rings. The van der Waals surface area contributed by atoms with Gasteiger partial charge in [0.05, 0.1) is 42.6 Å². The molecule has 7 heteroatoms. The standard InChI is InChI=1S/C12H18FN5.ClH/c1-9-6-15-17(3)12(9)8-14-11-7-16-18(5-4-13)10(11)2;/h6-7,14H,4-5,8H2,1-3H3;1H. The van der Waals surface area contributed by atoms with Gasteiger partial charge in [-0.1, -0.05) is 0 Å². The first-order valence-corrected chi connectivity index (χ1v) is 5.93. The maximum absolute atomic E-state index is 12.3. The van der Waals surface area contributed by atoms with E-state index in [2.05, 4.69) is 15.5 Å². The van der Waals surface area contributed by atoms with Crippen LogP contribution in [0, 0.1) is 13.8 Å². The summed E-state index contributed by atoms with van der Waals surface area (Å²) < 4.78 is 15.8. The molecule has 0 bridgehead atoms. The third kappa shape index (κ3) is 3.26. The Bertz CT molecular complexity index is 515. The van der Waals surface area contributed by atoms with E-state index in [1.165, 1.54) is 0 Å². The molecule has 0 unspecified atom stereocenters. The van der Waals surface area contributed by atoms with Gasteiger partial charge < -0.3 is 5.32 Å². The topological polar surface area (TPSA) is 47.7 Å². The molecule has 0 aromatic carbocycles. The van der Waals surface area contributed by atoms with Crippen molar-refractivity contribution in [3.05, 3.63) is 29.3 Å². The molecule has 0 spiro atoms. The van der Waals surface area contributed by atoms with Gasteiger partial charge in [-0.15, -0.1) is 12.4 Å². The van der Waals surface area contributed by atoms with Crippen LogP contribution in [0.5, 0.6) is 0 Å². The molecule has 0 fully saturated rings. The lowest BCUT2D eigenvalue weighted by Crippen LogP contribution is -2.08. The number of hydrogen-bond donors (Lipinski definition) is 1. The van der Waals surface area contributed by atoms with Gasteiger partial charge in [0.2, 0.25) is 0 Å². The molecule has 5 nitrogen and oxygen atoms in total. The Balaban J connectivity index is 0.00000180. The van der Waals surface area contributed by atoms with Gasteiger partial charge in [-0.25, -0.2) is 4.39 Å². The second-order valence-corrected chi connectivity index (χ2v) is 4.31. The third-order valence-corrected chi connectivity index (χ3v) is 3.12. The van der Waals surface area contributed by atoms with E-state index in [9.17, 15) is 4.39 Å². The van der Waals surface area contributed by atoms with Crippen molar-refractivity contribution in [2.24, 2.45) is 7.05 Å². The Morgan fingerprint density at radius 3 is 2.58 bits per heavy atom. The van der Waals surface area contributed by atoms with Gasteiger partial charge >= 0.3 is 0 Å². The van der Waals surface area contributed by atoms with Crippen LogP contribution in [-0.4, -0.2) is 26.2 Å². The van der Waals surface area contributed by atoms with Crippen molar-refractivity contribution < 1.29 is 4.39 Å². The van der Waals surface area contributed by atoms with Crippen molar-refractivity contribution in [1.82, 2.24) is 19.6 Å². The highest BCUT2D eigenvalue weighted by Gasteiger charge is 2.08. The lowest BCUT2D eigenvalue weighted by Gasteiger charge is -2.08. The maximum Gasteiger partial charge on any atom is 0.109 e. The molecule has 106 valence electrons. The average Bonchev–Trinajstić information content (AvgIpc) is 2.84. The number of alkyl halides is 1. The monoisotopic (exact) mass is 287 g/mol. The molecule has 0 atom stereocenters. The van der Waals surface area contributed by atoms with Gasteiger partial charge in [-0.3, -0.25) is 9.36 Å². The molecular weight excluding hydrogens is 269 g/mol. The molecule has 1 N–H and O–H groups in total. The molecule has 2 rings (SSSR count). The minimum absolute atomic E-state index is 0. The summed E-state index contributed by atoms with van der Waals surface area (Å²) in [6, 6.07) is 0. The highest BCUT2D eigenvalue weighted by molar-refractivity contribution is 5.85. The van der Waals surface area contributed by atoms with E-state index in [-0.39, 0.29) is 12.4 Å². The van der Waals surface area contributed by atoms with Crippen LogP contribution >= 0.6 is 12.4 Å². The van der Waals surface area contributed by atoms with Gasteiger partial charge in [0.25, 0.3) is 0 Å². The number of hydrogen-bond acceptors (Lipinski definition) is 3. The Labute approximate surface area is 118 Å². The van der Waals surface area contributed by atoms with Crippen LogP contribution in [0.4, 0.5) is 10.1 Å². The van der Waals surface area contributed by atoms with Crippen LogP contribution in [-0.2, 0) is 20.1 Å². The van der Waals surface area contributed by atoms with Crippen molar-refractivity contribution in [2.45, 2.75) is 26.9 Å². The second-order valence-electron chi connectivity index (χ2n) is 4.31. The summed E-state index contributed by atoms with van der Waals surface area (Å²) in [6.07, 6.45) is 3.58. The van der Waals surface area contributed by atoms with Crippen molar-refractivity contribution >= 4 is 18.1 Å². The molecule has 0 aliphatic rings. The van der Waals surface area contributed by atoms with Crippen molar-refractivity contribution in [3.8, 4) is 0 Å². The van der Waals surface area contributed by atoms with Crippen molar-refractivity contribution in [2.75, 3.05) is 12.0 Å². The van der Waals surface area contributed by atoms with Gasteiger partial charge in [-0.05, 0) is 19.4 Å². The molecule has 0 saturated heterocycles. The normalized spacial score (nSPS) is 10.3. The zero-order chi connectivity index (χ0) is 13.1. The summed E-state index contributed by atoms with van der Waals surface area (Å²) in [5.74, 6) is 0. The number of halogens is 2. The van der Waals surface area contributed by atoms with E-state index < -0.39 is 6.67 Å². The van der Waals surface area contributed by atoms with Crippen LogP contribution in [0.1, 0.15) is 17.0 Å². The smallest absolute Gasteiger partial charge is 0.109 e. The van der Waals surface area contributed by atoms with E-state index in [1.807, 2.05) is 31.8 Å². The fourth-order valence-corrected chi connectivity index (χ4v) is 1.93. The molecule has 0 saturated carbocycles. The summed E-state index contributed by atoms with van der Waals surface area (Å²) in [6.45, 7) is 4.55. The Hall–Kier alpha value is -1.56. The molecular formula is C12H19ClFN5. The van der Waals surface area contributed by atoms with Gasteiger partial charge in [0.1, 0.15) is 6.67 Å². The minimum atomic E-state index is -0.400. The number of aromatic nitrogens is 4. The summed E-state index contributed by atoms with van der Waals surface area (Å²) in [7, 11) is 1.92. The lowest BCUT2D eigenvalue weighted by molar-refractivity contribution is 0.423. The van der Waals surface area contributed by atoms with Crippen molar-refractivity contribution in [1.29, 1.82) is 0 Å². The maximum atomic E-state index is 12.3. The van der Waals surface area contributed by atoms with Crippen LogP contribution in [0.2, 0.25) is 0 Å². The highest BCUT2D eigenvalue weighted by atomic mass is 35.5. The van der Waals surface area contributed by atoms with E-state index in [4.69, 9.17) is 0 Å². The predicted octanol–water partition coefficient (Wildman–Crippen LogP) is 2.24. The number of anilines is 1. The number of nitrogens with one attached hydrogen (secondary N) is 1. The second kappa shape index (κ2) is 6.56. The largest absolute Gasteiger partial charge is 0.377 e. The number of nitrogens with zero attached hydrogens (tertiary/aromatic N) is 4. The van der Waals surface area contributed by atoms with Crippen LogP contribution < -0.4 is 5.32 Å². The Morgan fingerprint density at radius 1 is 1.26 bits per heavy atom. The fourth-order valence-electron chi connectivity index (χ4n) is 1.93. The molecule has 0 radical (unpaired) electrons. The first kappa shape index (κ1) is 15.5. The van der Waals surface area contributed by atoms with Gasteiger partial charge in [-0.2, -0.15) is 10.2 Å². The van der Waals surface area contributed by atoms with E-state index in [0.29, 0.717) is 13.1 Å². The number of rotatable bonds is 5. The van der Waals surface area contributed by atoms with Crippen LogP contribution in [0.25, 0.3) is 0 Å². The lowest BCUT2D eigenvalue weighted by atomic mass is 10.2. The Morgan fingerprint density at radius 2 is 2.00 bits per heavy atom. The highest BCUT2D eigenvalue weighted by Crippen LogP contribution is 2.15. The first-order valence-electron chi connectivity index (χ1n) is 5.93. The molecule has 2 heterocycles. The molecule has 19 heavy (non-hydrogen) atoms. The molecule has 2 aromatic heterocycles. The summed E-state index contributed by atoms with van der Waals surface area (Å²) in [5.41, 5.74) is 4.17. The zero-order valence-electron chi connectivity index (χ0n) is 11.4.